The van der Waals surface area contributed by atoms with E-state index in [1.807, 2.05) is 32.9 Å². The standard InChI is InChI=1S/C17H23N3O3/c1-17(2,3)23-16(22)20-7-6-10(9-20)14-12-8-11(18)4-5-13(12)19-15(14)21/h4-5,8,10,14H,6-7,9,18H2,1-3H3,(H,19,21). The molecule has 1 saturated heterocycles. The van der Waals surface area contributed by atoms with Crippen LogP contribution in [0.5, 0.6) is 0 Å². The number of carbonyl (C=O) groups is 2. The fourth-order valence-electron chi connectivity index (χ4n) is 3.32. The molecule has 2 amide bonds. The predicted molar refractivity (Wildman–Crippen MR) is 88.1 cm³/mol. The normalized spacial score (nSPS) is 23.6. The van der Waals surface area contributed by atoms with Crippen molar-refractivity contribution < 1.29 is 14.3 Å². The van der Waals surface area contributed by atoms with Crippen molar-refractivity contribution in [3.63, 3.8) is 0 Å². The van der Waals surface area contributed by atoms with Gasteiger partial charge in [0.1, 0.15) is 5.60 Å². The third-order valence-corrected chi connectivity index (χ3v) is 4.30. The Hall–Kier alpha value is -2.24. The molecule has 2 unspecified atom stereocenters. The Bertz CT molecular complexity index is 651. The SMILES string of the molecule is CC(C)(C)OC(=O)N1CCC(C2C(=O)Nc3ccc(N)cc32)C1. The number of hydrogen-bond acceptors (Lipinski definition) is 4. The van der Waals surface area contributed by atoms with Gasteiger partial charge in [-0.15, -0.1) is 0 Å². The number of carbonyl (C=O) groups excluding carboxylic acids is 2. The fraction of sp³-hybridized carbons (Fsp3) is 0.529. The number of nitrogen functional groups attached to an aromatic ring is 1. The summed E-state index contributed by atoms with van der Waals surface area (Å²) in [6, 6.07) is 5.47. The number of rotatable bonds is 1. The maximum absolute atomic E-state index is 12.3. The van der Waals surface area contributed by atoms with Gasteiger partial charge in [-0.25, -0.2) is 4.79 Å². The quantitative estimate of drug-likeness (QED) is 0.780. The number of amides is 2. The number of nitrogens with one attached hydrogen (secondary N) is 1. The lowest BCUT2D eigenvalue weighted by Gasteiger charge is -2.25. The lowest BCUT2D eigenvalue weighted by atomic mass is 9.86. The molecule has 0 saturated carbocycles. The molecular formula is C17H23N3O3. The molecule has 2 heterocycles. The van der Waals surface area contributed by atoms with Crippen molar-refractivity contribution in [1.29, 1.82) is 0 Å². The van der Waals surface area contributed by atoms with Gasteiger partial charge in [0.15, 0.2) is 0 Å². The van der Waals surface area contributed by atoms with Gasteiger partial charge in [-0.2, -0.15) is 0 Å². The Balaban J connectivity index is 1.74. The molecule has 1 aromatic carbocycles. The second kappa shape index (κ2) is 5.44. The van der Waals surface area contributed by atoms with Crippen molar-refractivity contribution in [2.75, 3.05) is 24.1 Å². The molecule has 1 aromatic rings. The van der Waals surface area contributed by atoms with Crippen molar-refractivity contribution in [3.05, 3.63) is 23.8 Å². The van der Waals surface area contributed by atoms with E-state index < -0.39 is 5.60 Å². The van der Waals surface area contributed by atoms with Crippen LogP contribution in [-0.4, -0.2) is 35.6 Å². The molecule has 0 aliphatic carbocycles. The number of hydrogen-bond donors (Lipinski definition) is 2. The number of likely N-dealkylation sites (tertiary alicyclic amines) is 1. The number of nitrogens with zero attached hydrogens (tertiary/aromatic N) is 1. The highest BCUT2D eigenvalue weighted by molar-refractivity contribution is 6.03. The van der Waals surface area contributed by atoms with E-state index in [2.05, 4.69) is 5.32 Å². The van der Waals surface area contributed by atoms with Gasteiger partial charge < -0.3 is 20.7 Å². The fourth-order valence-corrected chi connectivity index (χ4v) is 3.32. The molecule has 0 radical (unpaired) electrons. The third kappa shape index (κ3) is 3.11. The number of benzene rings is 1. The number of nitrogens with two attached hydrogens (primary N) is 1. The minimum atomic E-state index is -0.513. The lowest BCUT2D eigenvalue weighted by Crippen LogP contribution is -2.36. The van der Waals surface area contributed by atoms with Crippen LogP contribution in [0.1, 0.15) is 38.7 Å². The van der Waals surface area contributed by atoms with E-state index in [-0.39, 0.29) is 23.8 Å². The highest BCUT2D eigenvalue weighted by Crippen LogP contribution is 2.41. The zero-order valence-electron chi connectivity index (χ0n) is 13.8. The molecule has 6 heteroatoms. The first kappa shape index (κ1) is 15.6. The highest BCUT2D eigenvalue weighted by Gasteiger charge is 2.41. The third-order valence-electron chi connectivity index (χ3n) is 4.30. The second-order valence-corrected chi connectivity index (χ2v) is 7.29. The molecule has 6 nitrogen and oxygen atoms in total. The van der Waals surface area contributed by atoms with Gasteiger partial charge in [-0.3, -0.25) is 4.79 Å². The van der Waals surface area contributed by atoms with E-state index in [9.17, 15) is 9.59 Å². The predicted octanol–water partition coefficient (Wildman–Crippen LogP) is 2.56. The first-order chi connectivity index (χ1) is 10.7. The Labute approximate surface area is 136 Å². The molecule has 2 atom stereocenters. The molecule has 124 valence electrons. The van der Waals surface area contributed by atoms with E-state index in [0.29, 0.717) is 18.8 Å². The lowest BCUT2D eigenvalue weighted by molar-refractivity contribution is -0.118. The van der Waals surface area contributed by atoms with Gasteiger partial charge in [0.05, 0.1) is 5.92 Å². The summed E-state index contributed by atoms with van der Waals surface area (Å²) in [5.41, 5.74) is 7.75. The summed E-state index contributed by atoms with van der Waals surface area (Å²) in [5, 5.41) is 2.90. The second-order valence-electron chi connectivity index (χ2n) is 7.29. The highest BCUT2D eigenvalue weighted by atomic mass is 16.6. The first-order valence-electron chi connectivity index (χ1n) is 7.93. The van der Waals surface area contributed by atoms with Crippen LogP contribution in [0.4, 0.5) is 16.2 Å². The van der Waals surface area contributed by atoms with E-state index >= 15 is 0 Å². The number of fused-ring (bicyclic) bond motifs is 1. The van der Waals surface area contributed by atoms with Crippen molar-refractivity contribution in [2.24, 2.45) is 5.92 Å². The molecule has 2 aliphatic rings. The van der Waals surface area contributed by atoms with Crippen LogP contribution < -0.4 is 11.1 Å². The summed E-state index contributed by atoms with van der Waals surface area (Å²) < 4.78 is 5.41. The van der Waals surface area contributed by atoms with E-state index in [4.69, 9.17) is 10.5 Å². The summed E-state index contributed by atoms with van der Waals surface area (Å²) in [6.07, 6.45) is 0.470. The van der Waals surface area contributed by atoms with Crippen LogP contribution in [-0.2, 0) is 9.53 Å². The number of ether oxygens (including phenoxy) is 1. The van der Waals surface area contributed by atoms with Gasteiger partial charge in [0.25, 0.3) is 0 Å². The van der Waals surface area contributed by atoms with Gasteiger partial charge in [-0.1, -0.05) is 0 Å². The topological polar surface area (TPSA) is 84.7 Å². The van der Waals surface area contributed by atoms with E-state index in [1.54, 1.807) is 11.0 Å². The average molecular weight is 317 g/mol. The first-order valence-corrected chi connectivity index (χ1v) is 7.93. The van der Waals surface area contributed by atoms with Crippen LogP contribution >= 0.6 is 0 Å². The minimum Gasteiger partial charge on any atom is -0.444 e. The van der Waals surface area contributed by atoms with Gasteiger partial charge in [0.2, 0.25) is 5.91 Å². The van der Waals surface area contributed by atoms with Gasteiger partial charge in [0, 0.05) is 24.5 Å². The summed E-state index contributed by atoms with van der Waals surface area (Å²) in [7, 11) is 0. The van der Waals surface area contributed by atoms with Crippen LogP contribution in [0.15, 0.2) is 18.2 Å². The Morgan fingerprint density at radius 2 is 2.13 bits per heavy atom. The monoisotopic (exact) mass is 317 g/mol. The summed E-state index contributed by atoms with van der Waals surface area (Å²) in [4.78, 5) is 26.2. The maximum Gasteiger partial charge on any atom is 0.410 e. The Morgan fingerprint density at radius 1 is 1.39 bits per heavy atom. The summed E-state index contributed by atoms with van der Waals surface area (Å²) in [5.74, 6) is -0.173. The zero-order valence-corrected chi connectivity index (χ0v) is 13.8. The van der Waals surface area contributed by atoms with Gasteiger partial charge in [-0.05, 0) is 56.9 Å². The van der Waals surface area contributed by atoms with Crippen LogP contribution in [0.25, 0.3) is 0 Å². The maximum atomic E-state index is 12.3. The van der Waals surface area contributed by atoms with Crippen molar-refractivity contribution >= 4 is 23.4 Å². The average Bonchev–Trinajstić information content (AvgIpc) is 3.00. The molecule has 0 aromatic heterocycles. The zero-order chi connectivity index (χ0) is 16.8. The molecule has 2 aliphatic heterocycles. The molecule has 1 fully saturated rings. The van der Waals surface area contributed by atoms with Crippen molar-refractivity contribution in [3.8, 4) is 0 Å². The van der Waals surface area contributed by atoms with Crippen molar-refractivity contribution in [1.82, 2.24) is 4.90 Å². The molecule has 0 spiro atoms. The van der Waals surface area contributed by atoms with Crippen LogP contribution in [0.2, 0.25) is 0 Å². The number of anilines is 2. The molecule has 0 bridgehead atoms. The molecule has 3 rings (SSSR count). The van der Waals surface area contributed by atoms with Crippen molar-refractivity contribution in [2.45, 2.75) is 38.7 Å². The summed E-state index contributed by atoms with van der Waals surface area (Å²) >= 11 is 0. The molecular weight excluding hydrogens is 294 g/mol. The van der Waals surface area contributed by atoms with Gasteiger partial charge >= 0.3 is 6.09 Å². The smallest absolute Gasteiger partial charge is 0.410 e. The minimum absolute atomic E-state index is 0.0124. The van der Waals surface area contributed by atoms with Crippen LogP contribution in [0.3, 0.4) is 0 Å². The summed E-state index contributed by atoms with van der Waals surface area (Å²) in [6.45, 7) is 6.69. The van der Waals surface area contributed by atoms with E-state index in [1.165, 1.54) is 0 Å². The molecule has 23 heavy (non-hydrogen) atoms. The van der Waals surface area contributed by atoms with Crippen LogP contribution in [0, 0.1) is 5.92 Å². The Kier molecular flexibility index (Phi) is 3.70. The van der Waals surface area contributed by atoms with E-state index in [0.717, 1.165) is 17.7 Å². The Morgan fingerprint density at radius 3 is 2.83 bits per heavy atom. The molecule has 3 N–H and O–H groups in total. The largest absolute Gasteiger partial charge is 0.444 e.